The Morgan fingerprint density at radius 1 is 1.14 bits per heavy atom. The second-order valence-electron chi connectivity index (χ2n) is 5.94. The van der Waals surface area contributed by atoms with Crippen LogP contribution in [0.25, 0.3) is 0 Å². The molecule has 1 aromatic rings. The smallest absolute Gasteiger partial charge is 0.104 e. The van der Waals surface area contributed by atoms with E-state index in [0.717, 1.165) is 51.4 Å². The van der Waals surface area contributed by atoms with Crippen LogP contribution in [0, 0.1) is 0 Å². The van der Waals surface area contributed by atoms with Gasteiger partial charge in [0, 0.05) is 51.4 Å². The quantitative estimate of drug-likeness (QED) is 0.794. The maximum atomic E-state index is 5.81. The van der Waals surface area contributed by atoms with Crippen LogP contribution in [0.2, 0.25) is 0 Å². The second kappa shape index (κ2) is 7.84. The summed E-state index contributed by atoms with van der Waals surface area (Å²) in [6.45, 7) is 7.73. The molecule has 1 aliphatic heterocycles. The van der Waals surface area contributed by atoms with E-state index in [0.29, 0.717) is 4.99 Å². The van der Waals surface area contributed by atoms with Crippen molar-refractivity contribution in [2.75, 3.05) is 53.4 Å². The van der Waals surface area contributed by atoms with Crippen molar-refractivity contribution >= 4 is 17.2 Å². The number of thiocarbonyl (C=S) groups is 1. The molecule has 116 valence electrons. The molecule has 0 aliphatic carbocycles. The lowest BCUT2D eigenvalue weighted by Gasteiger charge is -2.35. The van der Waals surface area contributed by atoms with E-state index >= 15 is 0 Å². The van der Waals surface area contributed by atoms with Crippen LogP contribution in [-0.4, -0.2) is 73.1 Å². The van der Waals surface area contributed by atoms with Crippen molar-refractivity contribution in [2.45, 2.75) is 6.54 Å². The molecule has 1 heterocycles. The molecule has 5 heteroatoms. The first-order valence-electron chi connectivity index (χ1n) is 7.53. The largest absolute Gasteiger partial charge is 0.389 e. The monoisotopic (exact) mass is 306 g/mol. The molecular weight excluding hydrogens is 280 g/mol. The predicted octanol–water partition coefficient (Wildman–Crippen LogP) is 1.000. The molecule has 1 aliphatic rings. The van der Waals surface area contributed by atoms with Crippen molar-refractivity contribution in [3.8, 4) is 0 Å². The van der Waals surface area contributed by atoms with E-state index in [1.807, 2.05) is 12.1 Å². The van der Waals surface area contributed by atoms with Crippen molar-refractivity contribution in [2.24, 2.45) is 5.73 Å². The molecule has 0 bridgehead atoms. The van der Waals surface area contributed by atoms with Crippen molar-refractivity contribution in [1.82, 2.24) is 14.7 Å². The van der Waals surface area contributed by atoms with Gasteiger partial charge in [0.05, 0.1) is 0 Å². The molecule has 0 atom stereocenters. The number of piperazine rings is 1. The minimum absolute atomic E-state index is 0.496. The van der Waals surface area contributed by atoms with E-state index < -0.39 is 0 Å². The van der Waals surface area contributed by atoms with E-state index in [-0.39, 0.29) is 0 Å². The topological polar surface area (TPSA) is 35.7 Å². The third-order valence-electron chi connectivity index (χ3n) is 4.01. The Morgan fingerprint density at radius 3 is 2.38 bits per heavy atom. The molecule has 4 nitrogen and oxygen atoms in total. The first-order valence-corrected chi connectivity index (χ1v) is 7.94. The fourth-order valence-electron chi connectivity index (χ4n) is 2.65. The normalized spacial score (nSPS) is 17.3. The molecule has 0 amide bonds. The number of hydrogen-bond acceptors (Lipinski definition) is 4. The van der Waals surface area contributed by atoms with Crippen LogP contribution in [0.15, 0.2) is 24.3 Å². The minimum Gasteiger partial charge on any atom is -0.389 e. The van der Waals surface area contributed by atoms with Gasteiger partial charge in [-0.1, -0.05) is 36.5 Å². The summed E-state index contributed by atoms with van der Waals surface area (Å²) in [6.07, 6.45) is 0. The lowest BCUT2D eigenvalue weighted by atomic mass is 10.1. The van der Waals surface area contributed by atoms with Crippen LogP contribution >= 0.6 is 12.2 Å². The fourth-order valence-corrected chi connectivity index (χ4v) is 2.85. The van der Waals surface area contributed by atoms with Gasteiger partial charge in [-0.3, -0.25) is 9.80 Å². The highest BCUT2D eigenvalue weighted by Gasteiger charge is 2.17. The average Bonchev–Trinajstić information content (AvgIpc) is 2.47. The summed E-state index contributed by atoms with van der Waals surface area (Å²) < 4.78 is 0. The molecule has 2 N–H and O–H groups in total. The van der Waals surface area contributed by atoms with Gasteiger partial charge in [-0.05, 0) is 19.7 Å². The van der Waals surface area contributed by atoms with Gasteiger partial charge in [0.15, 0.2) is 0 Å². The standard InChI is InChI=1S/C16H26N4S/c1-18(2)7-8-19-9-11-20(12-10-19)13-14-5-3-4-6-15(14)16(17)21/h3-6H,7-13H2,1-2H3,(H2,17,21). The zero-order valence-electron chi connectivity index (χ0n) is 13.1. The Morgan fingerprint density at radius 2 is 1.76 bits per heavy atom. The maximum absolute atomic E-state index is 5.81. The van der Waals surface area contributed by atoms with E-state index in [1.54, 1.807) is 0 Å². The van der Waals surface area contributed by atoms with Gasteiger partial charge in [-0.15, -0.1) is 0 Å². The first kappa shape index (κ1) is 16.4. The molecule has 0 spiro atoms. The molecule has 0 saturated carbocycles. The Balaban J connectivity index is 1.85. The van der Waals surface area contributed by atoms with Crippen LogP contribution in [-0.2, 0) is 6.54 Å². The molecule has 0 radical (unpaired) electrons. The van der Waals surface area contributed by atoms with Crippen LogP contribution in [0.3, 0.4) is 0 Å². The van der Waals surface area contributed by atoms with Crippen molar-refractivity contribution in [3.63, 3.8) is 0 Å². The number of benzene rings is 1. The molecular formula is C16H26N4S. The number of hydrogen-bond donors (Lipinski definition) is 1. The van der Waals surface area contributed by atoms with Gasteiger partial charge in [0.25, 0.3) is 0 Å². The number of likely N-dealkylation sites (N-methyl/N-ethyl adjacent to an activating group) is 1. The van der Waals surface area contributed by atoms with Gasteiger partial charge < -0.3 is 10.6 Å². The predicted molar refractivity (Wildman–Crippen MR) is 92.6 cm³/mol. The lowest BCUT2D eigenvalue weighted by molar-refractivity contribution is 0.120. The van der Waals surface area contributed by atoms with E-state index in [2.05, 4.69) is 40.9 Å². The summed E-state index contributed by atoms with van der Waals surface area (Å²) >= 11 is 5.14. The molecule has 21 heavy (non-hydrogen) atoms. The minimum atomic E-state index is 0.496. The second-order valence-corrected chi connectivity index (χ2v) is 6.38. The van der Waals surface area contributed by atoms with E-state index in [4.69, 9.17) is 18.0 Å². The maximum Gasteiger partial charge on any atom is 0.104 e. The lowest BCUT2D eigenvalue weighted by Crippen LogP contribution is -2.47. The zero-order valence-corrected chi connectivity index (χ0v) is 13.9. The molecule has 0 aromatic heterocycles. The van der Waals surface area contributed by atoms with Crippen molar-refractivity contribution < 1.29 is 0 Å². The average molecular weight is 306 g/mol. The number of nitrogens with zero attached hydrogens (tertiary/aromatic N) is 3. The highest BCUT2D eigenvalue weighted by atomic mass is 32.1. The van der Waals surface area contributed by atoms with Gasteiger partial charge in [0.1, 0.15) is 4.99 Å². The van der Waals surface area contributed by atoms with Gasteiger partial charge in [0.2, 0.25) is 0 Å². The van der Waals surface area contributed by atoms with Crippen molar-refractivity contribution in [1.29, 1.82) is 0 Å². The van der Waals surface area contributed by atoms with Crippen LogP contribution < -0.4 is 5.73 Å². The van der Waals surface area contributed by atoms with E-state index in [1.165, 1.54) is 5.56 Å². The Hall–Kier alpha value is -1.01. The summed E-state index contributed by atoms with van der Waals surface area (Å²) in [5.74, 6) is 0. The third kappa shape index (κ3) is 5.04. The SMILES string of the molecule is CN(C)CCN1CCN(Cc2ccccc2C(N)=S)CC1. The Bertz CT molecular complexity index is 467. The highest BCUT2D eigenvalue weighted by molar-refractivity contribution is 7.80. The summed E-state index contributed by atoms with van der Waals surface area (Å²) in [6, 6.07) is 8.21. The van der Waals surface area contributed by atoms with Gasteiger partial charge in [-0.25, -0.2) is 0 Å². The van der Waals surface area contributed by atoms with Crippen LogP contribution in [0.4, 0.5) is 0 Å². The molecule has 0 unspecified atom stereocenters. The summed E-state index contributed by atoms with van der Waals surface area (Å²) in [5, 5.41) is 0. The van der Waals surface area contributed by atoms with Crippen LogP contribution in [0.5, 0.6) is 0 Å². The van der Waals surface area contributed by atoms with Gasteiger partial charge >= 0.3 is 0 Å². The fraction of sp³-hybridized carbons (Fsp3) is 0.562. The van der Waals surface area contributed by atoms with Crippen molar-refractivity contribution in [3.05, 3.63) is 35.4 Å². The van der Waals surface area contributed by atoms with E-state index in [9.17, 15) is 0 Å². The summed E-state index contributed by atoms with van der Waals surface area (Å²) in [7, 11) is 4.26. The molecule has 2 rings (SSSR count). The highest BCUT2D eigenvalue weighted by Crippen LogP contribution is 2.13. The number of rotatable bonds is 6. The Labute approximate surface area is 133 Å². The third-order valence-corrected chi connectivity index (χ3v) is 4.23. The first-order chi connectivity index (χ1) is 10.1. The molecule has 1 aromatic carbocycles. The summed E-state index contributed by atoms with van der Waals surface area (Å²) in [4.78, 5) is 7.76. The summed E-state index contributed by atoms with van der Waals surface area (Å²) in [5.41, 5.74) is 8.07. The van der Waals surface area contributed by atoms with Gasteiger partial charge in [-0.2, -0.15) is 0 Å². The zero-order chi connectivity index (χ0) is 15.2. The van der Waals surface area contributed by atoms with Crippen LogP contribution in [0.1, 0.15) is 11.1 Å². The molecule has 1 saturated heterocycles. The molecule has 1 fully saturated rings. The Kier molecular flexibility index (Phi) is 6.11. The number of nitrogens with two attached hydrogens (primary N) is 1.